The fraction of sp³-hybridized carbons (Fsp3) is 0.316. The number of amides is 1. The lowest BCUT2D eigenvalue weighted by Gasteiger charge is -2.35. The number of halogens is 1. The summed E-state index contributed by atoms with van der Waals surface area (Å²) in [4.78, 5) is 14.5. The molecule has 27 heavy (non-hydrogen) atoms. The number of para-hydroxylation sites is 1. The maximum Gasteiger partial charge on any atom is 0.261 e. The van der Waals surface area contributed by atoms with E-state index in [9.17, 15) is 13.2 Å². The van der Waals surface area contributed by atoms with Gasteiger partial charge in [0.15, 0.2) is 0 Å². The van der Waals surface area contributed by atoms with Gasteiger partial charge in [0.05, 0.1) is 27.8 Å². The zero-order valence-electron chi connectivity index (χ0n) is 15.1. The number of hydrogen-bond acceptors (Lipinski definition) is 4. The van der Waals surface area contributed by atoms with Gasteiger partial charge in [0.1, 0.15) is 0 Å². The molecule has 6 nitrogen and oxygen atoms in total. The Bertz CT molecular complexity index is 921. The number of nitrogens with zero attached hydrogens (tertiary/aromatic N) is 1. The third kappa shape index (κ3) is 4.61. The van der Waals surface area contributed by atoms with Crippen molar-refractivity contribution in [1.29, 1.82) is 0 Å². The minimum atomic E-state index is -3.80. The molecule has 1 N–H and O–H groups in total. The number of anilines is 1. The number of rotatable bonds is 4. The molecule has 144 valence electrons. The molecule has 0 saturated carbocycles. The molecule has 1 heterocycles. The lowest BCUT2D eigenvalue weighted by Crippen LogP contribution is -2.48. The van der Waals surface area contributed by atoms with E-state index in [1.165, 1.54) is 24.3 Å². The van der Waals surface area contributed by atoms with Gasteiger partial charge >= 0.3 is 0 Å². The molecule has 1 fully saturated rings. The fourth-order valence-electron chi connectivity index (χ4n) is 3.05. The van der Waals surface area contributed by atoms with E-state index in [4.69, 9.17) is 16.3 Å². The molecule has 0 spiro atoms. The summed E-state index contributed by atoms with van der Waals surface area (Å²) in [5, 5.41) is 0.309. The molecule has 1 saturated heterocycles. The molecule has 0 bridgehead atoms. The van der Waals surface area contributed by atoms with E-state index in [1.807, 2.05) is 13.8 Å². The molecular formula is C19H21ClN2O4S. The summed E-state index contributed by atoms with van der Waals surface area (Å²) >= 11 is 6.01. The van der Waals surface area contributed by atoms with Crippen molar-refractivity contribution in [2.45, 2.75) is 31.0 Å². The highest BCUT2D eigenvalue weighted by Crippen LogP contribution is 2.24. The number of ether oxygens (including phenoxy) is 1. The summed E-state index contributed by atoms with van der Waals surface area (Å²) in [6.45, 7) is 4.87. The Kier molecular flexibility index (Phi) is 5.74. The van der Waals surface area contributed by atoms with E-state index in [-0.39, 0.29) is 23.0 Å². The highest BCUT2D eigenvalue weighted by atomic mass is 35.5. The maximum atomic E-state index is 12.7. The summed E-state index contributed by atoms with van der Waals surface area (Å²) in [5.41, 5.74) is 0.739. The second kappa shape index (κ2) is 7.88. The smallest absolute Gasteiger partial charge is 0.261 e. The van der Waals surface area contributed by atoms with Gasteiger partial charge in [-0.2, -0.15) is 0 Å². The van der Waals surface area contributed by atoms with E-state index in [2.05, 4.69) is 4.72 Å². The lowest BCUT2D eigenvalue weighted by molar-refractivity contribution is -0.0586. The molecule has 0 unspecified atom stereocenters. The van der Waals surface area contributed by atoms with Crippen LogP contribution in [-0.2, 0) is 14.8 Å². The number of nitrogens with one attached hydrogen (secondary N) is 1. The van der Waals surface area contributed by atoms with Crippen LogP contribution in [0.1, 0.15) is 24.2 Å². The molecule has 2 aromatic carbocycles. The molecule has 0 aliphatic carbocycles. The van der Waals surface area contributed by atoms with Crippen LogP contribution >= 0.6 is 11.6 Å². The van der Waals surface area contributed by atoms with Crippen molar-refractivity contribution in [2.75, 3.05) is 17.8 Å². The van der Waals surface area contributed by atoms with Crippen molar-refractivity contribution < 1.29 is 17.9 Å². The first-order valence-corrected chi connectivity index (χ1v) is 10.4. The third-order valence-electron chi connectivity index (χ3n) is 4.24. The van der Waals surface area contributed by atoms with Crippen molar-refractivity contribution in [1.82, 2.24) is 4.90 Å². The quantitative estimate of drug-likeness (QED) is 0.841. The number of carbonyl (C=O) groups is 1. The van der Waals surface area contributed by atoms with E-state index in [0.717, 1.165) is 0 Å². The van der Waals surface area contributed by atoms with Gasteiger partial charge < -0.3 is 9.64 Å². The van der Waals surface area contributed by atoms with Gasteiger partial charge in [-0.15, -0.1) is 0 Å². The van der Waals surface area contributed by atoms with Gasteiger partial charge in [-0.05, 0) is 50.2 Å². The first kappa shape index (κ1) is 19.7. The monoisotopic (exact) mass is 408 g/mol. The summed E-state index contributed by atoms with van der Waals surface area (Å²) in [7, 11) is -3.80. The number of morpholine rings is 1. The average Bonchev–Trinajstić information content (AvgIpc) is 2.62. The van der Waals surface area contributed by atoms with Crippen LogP contribution in [0.5, 0.6) is 0 Å². The van der Waals surface area contributed by atoms with Crippen LogP contribution in [-0.4, -0.2) is 44.5 Å². The fourth-order valence-corrected chi connectivity index (χ4v) is 4.37. The minimum Gasteiger partial charge on any atom is -0.372 e. The molecule has 1 aliphatic heterocycles. The second-order valence-corrected chi connectivity index (χ2v) is 8.67. The Hall–Kier alpha value is -2.09. The Labute approximate surface area is 164 Å². The molecule has 1 aliphatic rings. The van der Waals surface area contributed by atoms with E-state index >= 15 is 0 Å². The molecule has 8 heteroatoms. The van der Waals surface area contributed by atoms with Crippen molar-refractivity contribution in [2.24, 2.45) is 0 Å². The first-order valence-electron chi connectivity index (χ1n) is 8.58. The SMILES string of the molecule is C[C@@H]1CN(C(=O)c2ccc(S(=O)(=O)Nc3ccccc3Cl)cc2)C[C@@H](C)O1. The highest BCUT2D eigenvalue weighted by molar-refractivity contribution is 7.92. The molecular weight excluding hydrogens is 388 g/mol. The van der Waals surface area contributed by atoms with Gasteiger partial charge in [-0.3, -0.25) is 9.52 Å². The molecule has 0 radical (unpaired) electrons. The van der Waals surface area contributed by atoms with Crippen LogP contribution in [0.15, 0.2) is 53.4 Å². The Morgan fingerprint density at radius 1 is 1.07 bits per heavy atom. The van der Waals surface area contributed by atoms with E-state index in [1.54, 1.807) is 29.2 Å². The van der Waals surface area contributed by atoms with E-state index in [0.29, 0.717) is 29.4 Å². The second-order valence-electron chi connectivity index (χ2n) is 6.58. The van der Waals surface area contributed by atoms with Gasteiger partial charge in [-0.25, -0.2) is 8.42 Å². The van der Waals surface area contributed by atoms with Crippen molar-refractivity contribution in [3.8, 4) is 0 Å². The predicted octanol–water partition coefficient (Wildman–Crippen LogP) is 3.39. The van der Waals surface area contributed by atoms with Crippen LogP contribution in [0.4, 0.5) is 5.69 Å². The number of carbonyl (C=O) groups excluding carboxylic acids is 1. The predicted molar refractivity (Wildman–Crippen MR) is 105 cm³/mol. The maximum absolute atomic E-state index is 12.7. The van der Waals surface area contributed by atoms with Crippen LogP contribution in [0.2, 0.25) is 5.02 Å². The van der Waals surface area contributed by atoms with Gasteiger partial charge in [0.25, 0.3) is 15.9 Å². The summed E-state index contributed by atoms with van der Waals surface area (Å²) in [6.07, 6.45) is -0.0608. The number of hydrogen-bond donors (Lipinski definition) is 1. The highest BCUT2D eigenvalue weighted by Gasteiger charge is 2.27. The van der Waals surface area contributed by atoms with Gasteiger partial charge in [0.2, 0.25) is 0 Å². The lowest BCUT2D eigenvalue weighted by atomic mass is 10.1. The molecule has 1 amide bonds. The zero-order valence-corrected chi connectivity index (χ0v) is 16.6. The topological polar surface area (TPSA) is 75.7 Å². The zero-order chi connectivity index (χ0) is 19.6. The first-order chi connectivity index (χ1) is 12.8. The minimum absolute atomic E-state index is 0.0304. The normalized spacial score (nSPS) is 20.3. The van der Waals surface area contributed by atoms with Crippen LogP contribution in [0.25, 0.3) is 0 Å². The summed E-state index contributed by atoms with van der Waals surface area (Å²) in [6, 6.07) is 12.5. The molecule has 3 rings (SSSR count). The molecule has 2 aromatic rings. The van der Waals surface area contributed by atoms with Crippen LogP contribution < -0.4 is 4.72 Å². The van der Waals surface area contributed by atoms with Crippen molar-refractivity contribution in [3.05, 3.63) is 59.1 Å². The third-order valence-corrected chi connectivity index (χ3v) is 5.95. The van der Waals surface area contributed by atoms with Gasteiger partial charge in [-0.1, -0.05) is 23.7 Å². The standard InChI is InChI=1S/C19H21ClN2O4S/c1-13-11-22(12-14(2)26-13)19(23)15-7-9-16(10-8-15)27(24,25)21-18-6-4-3-5-17(18)20/h3-10,13-14,21H,11-12H2,1-2H3/t13-,14-/m1/s1. The summed E-state index contributed by atoms with van der Waals surface area (Å²) < 4.78 is 33.2. The van der Waals surface area contributed by atoms with Crippen LogP contribution in [0, 0.1) is 0 Å². The molecule has 0 aromatic heterocycles. The van der Waals surface area contributed by atoms with Crippen molar-refractivity contribution >= 4 is 33.2 Å². The largest absolute Gasteiger partial charge is 0.372 e. The Balaban J connectivity index is 1.76. The van der Waals surface area contributed by atoms with Crippen LogP contribution in [0.3, 0.4) is 0 Å². The van der Waals surface area contributed by atoms with Crippen molar-refractivity contribution in [3.63, 3.8) is 0 Å². The number of benzene rings is 2. The van der Waals surface area contributed by atoms with Gasteiger partial charge in [0, 0.05) is 18.7 Å². The average molecular weight is 409 g/mol. The van der Waals surface area contributed by atoms with E-state index < -0.39 is 10.0 Å². The summed E-state index contributed by atoms with van der Waals surface area (Å²) in [5.74, 6) is -0.139. The Morgan fingerprint density at radius 3 is 2.26 bits per heavy atom. The number of sulfonamides is 1. The molecule has 2 atom stereocenters. The Morgan fingerprint density at radius 2 is 1.67 bits per heavy atom.